The maximum atomic E-state index is 10.7. The lowest BCUT2D eigenvalue weighted by Crippen LogP contribution is -2.26. The second kappa shape index (κ2) is 6.40. The van der Waals surface area contributed by atoms with E-state index < -0.39 is 5.97 Å². The zero-order valence-corrected chi connectivity index (χ0v) is 11.4. The van der Waals surface area contributed by atoms with Crippen molar-refractivity contribution in [2.24, 2.45) is 5.92 Å². The van der Waals surface area contributed by atoms with E-state index in [9.17, 15) is 4.79 Å². The molecule has 1 aromatic carbocycles. The molecule has 1 aromatic rings. The summed E-state index contributed by atoms with van der Waals surface area (Å²) in [5.41, 5.74) is 3.34. The van der Waals surface area contributed by atoms with Gasteiger partial charge in [0.1, 0.15) is 5.75 Å². The molecular formula is C14H21NO3. The molecule has 100 valence electrons. The average molecular weight is 251 g/mol. The van der Waals surface area contributed by atoms with Gasteiger partial charge >= 0.3 is 5.97 Å². The van der Waals surface area contributed by atoms with Crippen molar-refractivity contribution in [2.75, 3.05) is 13.7 Å². The number of ether oxygens (including phenoxy) is 1. The largest absolute Gasteiger partial charge is 0.496 e. The molecule has 0 saturated carbocycles. The molecular weight excluding hydrogens is 230 g/mol. The molecule has 0 fully saturated rings. The number of hydrogen-bond acceptors (Lipinski definition) is 3. The first kappa shape index (κ1) is 14.5. The quantitative estimate of drug-likeness (QED) is 0.813. The van der Waals surface area contributed by atoms with Gasteiger partial charge in [-0.25, -0.2) is 0 Å². The third kappa shape index (κ3) is 3.74. The van der Waals surface area contributed by atoms with Crippen molar-refractivity contribution in [3.8, 4) is 5.75 Å². The summed E-state index contributed by atoms with van der Waals surface area (Å²) in [7, 11) is 1.65. The Labute approximate surface area is 108 Å². The number of carboxylic acids is 1. The summed E-state index contributed by atoms with van der Waals surface area (Å²) in [5, 5.41) is 12.0. The van der Waals surface area contributed by atoms with Gasteiger partial charge in [0.2, 0.25) is 0 Å². The predicted molar refractivity (Wildman–Crippen MR) is 71.0 cm³/mol. The molecule has 4 heteroatoms. The van der Waals surface area contributed by atoms with Gasteiger partial charge in [0.25, 0.3) is 0 Å². The van der Waals surface area contributed by atoms with Crippen molar-refractivity contribution >= 4 is 5.97 Å². The van der Waals surface area contributed by atoms with Gasteiger partial charge in [-0.15, -0.1) is 0 Å². The highest BCUT2D eigenvalue weighted by Crippen LogP contribution is 2.24. The summed E-state index contributed by atoms with van der Waals surface area (Å²) in [6.07, 6.45) is 0. The second-order valence-corrected chi connectivity index (χ2v) is 4.64. The summed E-state index contributed by atoms with van der Waals surface area (Å²) in [6.45, 7) is 6.80. The van der Waals surface area contributed by atoms with Crippen molar-refractivity contribution in [2.45, 2.75) is 27.3 Å². The van der Waals surface area contributed by atoms with Crippen LogP contribution in [0.5, 0.6) is 5.75 Å². The van der Waals surface area contributed by atoms with Crippen LogP contribution >= 0.6 is 0 Å². The summed E-state index contributed by atoms with van der Waals surface area (Å²) >= 11 is 0. The van der Waals surface area contributed by atoms with E-state index >= 15 is 0 Å². The van der Waals surface area contributed by atoms with E-state index in [1.54, 1.807) is 14.0 Å². The number of methoxy groups -OCH3 is 1. The van der Waals surface area contributed by atoms with Crippen molar-refractivity contribution < 1.29 is 14.6 Å². The molecule has 0 heterocycles. The number of nitrogens with one attached hydrogen (secondary N) is 1. The fraction of sp³-hybridized carbons (Fsp3) is 0.500. The van der Waals surface area contributed by atoms with Crippen LogP contribution < -0.4 is 10.1 Å². The molecule has 0 bridgehead atoms. The van der Waals surface area contributed by atoms with Gasteiger partial charge in [0, 0.05) is 18.7 Å². The molecule has 0 spiro atoms. The summed E-state index contributed by atoms with van der Waals surface area (Å²) in [5.74, 6) is -0.298. The summed E-state index contributed by atoms with van der Waals surface area (Å²) in [4.78, 5) is 10.7. The van der Waals surface area contributed by atoms with Gasteiger partial charge < -0.3 is 15.2 Å². The molecule has 0 amide bonds. The molecule has 1 unspecified atom stereocenters. The van der Waals surface area contributed by atoms with Crippen LogP contribution in [0.4, 0.5) is 0 Å². The van der Waals surface area contributed by atoms with E-state index in [-0.39, 0.29) is 5.92 Å². The third-order valence-electron chi connectivity index (χ3n) is 2.89. The number of carboxylic acid groups (broad SMARTS) is 1. The Morgan fingerprint density at radius 3 is 2.67 bits per heavy atom. The Balaban J connectivity index is 2.69. The van der Waals surface area contributed by atoms with Crippen molar-refractivity contribution in [3.05, 3.63) is 28.8 Å². The summed E-state index contributed by atoms with van der Waals surface area (Å²) in [6, 6.07) is 4.13. The minimum atomic E-state index is -0.783. The van der Waals surface area contributed by atoms with Crippen LogP contribution in [0.25, 0.3) is 0 Å². The van der Waals surface area contributed by atoms with Gasteiger partial charge in [-0.05, 0) is 19.4 Å². The van der Waals surface area contributed by atoms with Crippen molar-refractivity contribution in [1.29, 1.82) is 0 Å². The average Bonchev–Trinajstić information content (AvgIpc) is 2.28. The zero-order valence-electron chi connectivity index (χ0n) is 11.4. The van der Waals surface area contributed by atoms with E-state index in [0.717, 1.165) is 16.9 Å². The second-order valence-electron chi connectivity index (χ2n) is 4.64. The molecule has 0 aliphatic carbocycles. The molecule has 18 heavy (non-hydrogen) atoms. The Morgan fingerprint density at radius 1 is 1.44 bits per heavy atom. The number of aryl methyl sites for hydroxylation is 2. The molecule has 0 radical (unpaired) electrons. The lowest BCUT2D eigenvalue weighted by Gasteiger charge is -2.14. The standard InChI is InChI=1S/C14H21NO3/c1-9-5-10(2)13(18-4)12(6-9)8-15-7-11(3)14(16)17/h5-6,11,15H,7-8H2,1-4H3,(H,16,17). The van der Waals surface area contributed by atoms with Gasteiger partial charge in [0.15, 0.2) is 0 Å². The molecule has 0 aliphatic heterocycles. The molecule has 1 rings (SSSR count). The monoisotopic (exact) mass is 251 g/mol. The Kier molecular flexibility index (Phi) is 5.16. The first-order valence-corrected chi connectivity index (χ1v) is 6.03. The van der Waals surface area contributed by atoms with Gasteiger partial charge in [-0.1, -0.05) is 24.6 Å². The molecule has 0 aliphatic rings. The predicted octanol–water partition coefficient (Wildman–Crippen LogP) is 2.12. The van der Waals surface area contributed by atoms with E-state index in [1.165, 1.54) is 5.56 Å². The van der Waals surface area contributed by atoms with Gasteiger partial charge in [-0.2, -0.15) is 0 Å². The number of carbonyl (C=O) groups is 1. The van der Waals surface area contributed by atoms with Crippen LogP contribution in [-0.4, -0.2) is 24.7 Å². The number of hydrogen-bond donors (Lipinski definition) is 2. The lowest BCUT2D eigenvalue weighted by molar-refractivity contribution is -0.140. The van der Waals surface area contributed by atoms with E-state index in [0.29, 0.717) is 13.1 Å². The van der Waals surface area contributed by atoms with Crippen LogP contribution in [0.3, 0.4) is 0 Å². The van der Waals surface area contributed by atoms with Crippen LogP contribution in [0.15, 0.2) is 12.1 Å². The fourth-order valence-corrected chi connectivity index (χ4v) is 1.98. The van der Waals surface area contributed by atoms with E-state index in [1.807, 2.05) is 13.8 Å². The van der Waals surface area contributed by atoms with Gasteiger partial charge in [-0.3, -0.25) is 4.79 Å². The Bertz CT molecular complexity index is 429. The minimum absolute atomic E-state index is 0.387. The molecule has 0 aromatic heterocycles. The first-order chi connectivity index (χ1) is 8.45. The van der Waals surface area contributed by atoms with Crippen LogP contribution in [-0.2, 0) is 11.3 Å². The van der Waals surface area contributed by atoms with E-state index in [4.69, 9.17) is 9.84 Å². The maximum absolute atomic E-state index is 10.7. The molecule has 4 nitrogen and oxygen atoms in total. The Morgan fingerprint density at radius 2 is 2.11 bits per heavy atom. The van der Waals surface area contributed by atoms with Crippen LogP contribution in [0.1, 0.15) is 23.6 Å². The van der Waals surface area contributed by atoms with E-state index in [2.05, 4.69) is 17.4 Å². The third-order valence-corrected chi connectivity index (χ3v) is 2.89. The summed E-state index contributed by atoms with van der Waals surface area (Å²) < 4.78 is 5.38. The maximum Gasteiger partial charge on any atom is 0.307 e. The molecule has 2 N–H and O–H groups in total. The minimum Gasteiger partial charge on any atom is -0.496 e. The topological polar surface area (TPSA) is 58.6 Å². The van der Waals surface area contributed by atoms with Crippen LogP contribution in [0, 0.1) is 19.8 Å². The van der Waals surface area contributed by atoms with Crippen molar-refractivity contribution in [1.82, 2.24) is 5.32 Å². The SMILES string of the molecule is COc1c(C)cc(C)cc1CNCC(C)C(=O)O. The first-order valence-electron chi connectivity index (χ1n) is 6.03. The highest BCUT2D eigenvalue weighted by Gasteiger charge is 2.11. The Hall–Kier alpha value is -1.55. The van der Waals surface area contributed by atoms with Crippen LogP contribution in [0.2, 0.25) is 0 Å². The number of aliphatic carboxylic acids is 1. The molecule has 1 atom stereocenters. The highest BCUT2D eigenvalue weighted by atomic mass is 16.5. The normalized spacial score (nSPS) is 12.2. The number of rotatable bonds is 6. The lowest BCUT2D eigenvalue weighted by atomic mass is 10.1. The molecule has 0 saturated heterocycles. The number of benzene rings is 1. The van der Waals surface area contributed by atoms with Crippen molar-refractivity contribution in [3.63, 3.8) is 0 Å². The fourth-order valence-electron chi connectivity index (χ4n) is 1.98. The zero-order chi connectivity index (χ0) is 13.7. The highest BCUT2D eigenvalue weighted by molar-refractivity contribution is 5.69. The smallest absolute Gasteiger partial charge is 0.307 e. The van der Waals surface area contributed by atoms with Gasteiger partial charge in [0.05, 0.1) is 13.0 Å².